The highest BCUT2D eigenvalue weighted by atomic mass is 32.1. The van der Waals surface area contributed by atoms with E-state index in [0.29, 0.717) is 0 Å². The largest absolute Gasteiger partial charge is 0.478 e. The van der Waals surface area contributed by atoms with E-state index in [2.05, 4.69) is 12.6 Å². The van der Waals surface area contributed by atoms with Crippen LogP contribution in [0.5, 0.6) is 11.5 Å². The Labute approximate surface area is 127 Å². The summed E-state index contributed by atoms with van der Waals surface area (Å²) in [4.78, 5) is 34.1. The van der Waals surface area contributed by atoms with Gasteiger partial charge in [0.2, 0.25) is 0 Å². The van der Waals surface area contributed by atoms with Crippen molar-refractivity contribution in [2.45, 2.75) is 26.0 Å². The summed E-state index contributed by atoms with van der Waals surface area (Å²) in [6.45, 7) is 4.81. The number of carboxylic acid groups (broad SMARTS) is 1. The highest BCUT2D eigenvalue weighted by Gasteiger charge is 2.16. The summed E-state index contributed by atoms with van der Waals surface area (Å²) in [5.74, 6) is -2.77. The van der Waals surface area contributed by atoms with Crippen molar-refractivity contribution in [3.63, 3.8) is 0 Å². The zero-order valence-corrected chi connectivity index (χ0v) is 12.7. The Kier molecular flexibility index (Phi) is 5.78. The van der Waals surface area contributed by atoms with Crippen LogP contribution in [0, 0.1) is 5.92 Å². The van der Waals surface area contributed by atoms with Crippen LogP contribution in [-0.2, 0) is 9.59 Å². The molecule has 0 saturated heterocycles. The molecule has 1 aromatic carbocycles. The molecule has 7 heteroatoms. The van der Waals surface area contributed by atoms with E-state index in [1.54, 1.807) is 13.8 Å². The van der Waals surface area contributed by atoms with Gasteiger partial charge in [0.25, 0.3) is 0 Å². The van der Waals surface area contributed by atoms with Crippen LogP contribution in [0.2, 0.25) is 0 Å². The fraction of sp³-hybridized carbons (Fsp3) is 0.357. The molecule has 6 nitrogen and oxygen atoms in total. The molecule has 0 aromatic heterocycles. The second-order valence-corrected chi connectivity index (χ2v) is 5.45. The lowest BCUT2D eigenvalue weighted by atomic mass is 10.2. The molecule has 114 valence electrons. The lowest BCUT2D eigenvalue weighted by Gasteiger charge is -2.11. The molecule has 1 atom stereocenters. The van der Waals surface area contributed by atoms with Gasteiger partial charge in [-0.25, -0.2) is 4.79 Å². The number of ether oxygens (including phenoxy) is 2. The molecule has 1 N–H and O–H groups in total. The number of thiol groups is 1. The number of carbonyl (C=O) groups excluding carboxylic acids is 2. The minimum Gasteiger partial charge on any atom is -0.478 e. The third kappa shape index (κ3) is 5.11. The smallest absolute Gasteiger partial charge is 0.335 e. The molecule has 0 aliphatic rings. The van der Waals surface area contributed by atoms with E-state index in [4.69, 9.17) is 14.6 Å². The minimum absolute atomic E-state index is 0.00298. The van der Waals surface area contributed by atoms with Gasteiger partial charge in [-0.1, -0.05) is 13.8 Å². The van der Waals surface area contributed by atoms with Crippen molar-refractivity contribution in [1.29, 1.82) is 0 Å². The molecule has 0 aliphatic carbocycles. The van der Waals surface area contributed by atoms with E-state index in [1.165, 1.54) is 25.1 Å². The molecule has 1 aromatic rings. The van der Waals surface area contributed by atoms with Crippen LogP contribution in [-0.4, -0.2) is 28.3 Å². The Morgan fingerprint density at radius 1 is 1.00 bits per heavy atom. The van der Waals surface area contributed by atoms with Crippen molar-refractivity contribution in [3.8, 4) is 11.5 Å². The van der Waals surface area contributed by atoms with Gasteiger partial charge in [0.1, 0.15) is 11.5 Å². The SMILES string of the molecule is CC(C)C(=O)Oc1cc(OC(=O)C(C)S)cc(C(=O)O)c1. The molecule has 0 aliphatic heterocycles. The fourth-order valence-corrected chi connectivity index (χ4v) is 1.30. The number of esters is 2. The maximum absolute atomic E-state index is 11.5. The normalized spacial score (nSPS) is 11.9. The molecular weight excluding hydrogens is 296 g/mol. The summed E-state index contributed by atoms with van der Waals surface area (Å²) in [6.07, 6.45) is 0. The van der Waals surface area contributed by atoms with E-state index >= 15 is 0 Å². The topological polar surface area (TPSA) is 89.9 Å². The third-order valence-corrected chi connectivity index (χ3v) is 2.59. The first-order valence-corrected chi connectivity index (χ1v) is 6.72. The molecule has 0 radical (unpaired) electrons. The number of carboxylic acids is 1. The highest BCUT2D eigenvalue weighted by molar-refractivity contribution is 7.81. The van der Waals surface area contributed by atoms with Crippen molar-refractivity contribution in [2.24, 2.45) is 5.92 Å². The van der Waals surface area contributed by atoms with Crippen LogP contribution in [0.25, 0.3) is 0 Å². The van der Waals surface area contributed by atoms with Crippen LogP contribution in [0.3, 0.4) is 0 Å². The lowest BCUT2D eigenvalue weighted by Crippen LogP contribution is -2.18. The number of benzene rings is 1. The third-order valence-electron chi connectivity index (χ3n) is 2.38. The van der Waals surface area contributed by atoms with Gasteiger partial charge in [-0.05, 0) is 19.1 Å². The van der Waals surface area contributed by atoms with Crippen LogP contribution in [0.1, 0.15) is 31.1 Å². The summed E-state index contributed by atoms with van der Waals surface area (Å²) >= 11 is 3.92. The average molecular weight is 312 g/mol. The van der Waals surface area contributed by atoms with Gasteiger partial charge < -0.3 is 14.6 Å². The van der Waals surface area contributed by atoms with Crippen molar-refractivity contribution < 1.29 is 29.0 Å². The van der Waals surface area contributed by atoms with Gasteiger partial charge >= 0.3 is 17.9 Å². The predicted octanol–water partition coefficient (Wildman–Crippen LogP) is 2.17. The monoisotopic (exact) mass is 312 g/mol. The van der Waals surface area contributed by atoms with Gasteiger partial charge in [-0.3, -0.25) is 9.59 Å². The standard InChI is InChI=1S/C14H16O6S/c1-7(2)13(17)19-10-4-9(12(15)16)5-11(6-10)20-14(18)8(3)21/h4-8,21H,1-3H3,(H,15,16). The second kappa shape index (κ2) is 7.12. The Balaban J connectivity index is 3.08. The molecule has 0 heterocycles. The maximum atomic E-state index is 11.5. The van der Waals surface area contributed by atoms with Crippen LogP contribution in [0.15, 0.2) is 18.2 Å². The second-order valence-electron chi connectivity index (χ2n) is 4.67. The predicted molar refractivity (Wildman–Crippen MR) is 78.0 cm³/mol. The Morgan fingerprint density at radius 2 is 1.48 bits per heavy atom. The number of hydrogen-bond acceptors (Lipinski definition) is 6. The minimum atomic E-state index is -1.23. The molecule has 1 rings (SSSR count). The number of rotatable bonds is 5. The van der Waals surface area contributed by atoms with E-state index in [-0.39, 0.29) is 23.0 Å². The highest BCUT2D eigenvalue weighted by Crippen LogP contribution is 2.24. The molecule has 0 fully saturated rings. The summed E-state index contributed by atoms with van der Waals surface area (Å²) in [7, 11) is 0. The van der Waals surface area contributed by atoms with E-state index < -0.39 is 23.2 Å². The molecule has 21 heavy (non-hydrogen) atoms. The van der Waals surface area contributed by atoms with Crippen molar-refractivity contribution in [3.05, 3.63) is 23.8 Å². The quantitative estimate of drug-likeness (QED) is 0.492. The molecule has 1 unspecified atom stereocenters. The molecule has 0 spiro atoms. The molecule has 0 bridgehead atoms. The Morgan fingerprint density at radius 3 is 1.86 bits per heavy atom. The van der Waals surface area contributed by atoms with E-state index in [9.17, 15) is 14.4 Å². The zero-order chi connectivity index (χ0) is 16.2. The number of hydrogen-bond donors (Lipinski definition) is 2. The van der Waals surface area contributed by atoms with Crippen LogP contribution < -0.4 is 9.47 Å². The first-order chi connectivity index (χ1) is 9.70. The first-order valence-electron chi connectivity index (χ1n) is 6.20. The Bertz CT molecular complexity index is 524. The first kappa shape index (κ1) is 17.0. The van der Waals surface area contributed by atoms with Gasteiger partial charge in [-0.2, -0.15) is 12.6 Å². The van der Waals surface area contributed by atoms with E-state index in [1.807, 2.05) is 0 Å². The molecule has 0 amide bonds. The number of aromatic carboxylic acids is 1. The molecule has 0 saturated carbocycles. The van der Waals surface area contributed by atoms with Crippen molar-refractivity contribution in [1.82, 2.24) is 0 Å². The maximum Gasteiger partial charge on any atom is 0.335 e. The summed E-state index contributed by atoms with van der Waals surface area (Å²) in [5, 5.41) is 8.36. The zero-order valence-electron chi connectivity index (χ0n) is 11.8. The van der Waals surface area contributed by atoms with Crippen molar-refractivity contribution in [2.75, 3.05) is 0 Å². The molecular formula is C14H16O6S. The van der Waals surface area contributed by atoms with E-state index in [0.717, 1.165) is 0 Å². The lowest BCUT2D eigenvalue weighted by molar-refractivity contribution is -0.137. The van der Waals surface area contributed by atoms with Gasteiger partial charge in [0, 0.05) is 6.07 Å². The average Bonchev–Trinajstić information content (AvgIpc) is 2.37. The Hall–Kier alpha value is -2.02. The van der Waals surface area contributed by atoms with Gasteiger partial charge in [0.05, 0.1) is 16.7 Å². The van der Waals surface area contributed by atoms with Gasteiger partial charge in [-0.15, -0.1) is 0 Å². The summed E-state index contributed by atoms with van der Waals surface area (Å²) in [6, 6.07) is 3.63. The number of carbonyl (C=O) groups is 3. The van der Waals surface area contributed by atoms with Crippen molar-refractivity contribution >= 4 is 30.5 Å². The fourth-order valence-electron chi connectivity index (χ4n) is 1.25. The summed E-state index contributed by atoms with van der Waals surface area (Å²) < 4.78 is 10.0. The summed E-state index contributed by atoms with van der Waals surface area (Å²) in [5.41, 5.74) is -0.154. The van der Waals surface area contributed by atoms with Crippen LogP contribution in [0.4, 0.5) is 0 Å². The van der Waals surface area contributed by atoms with Crippen LogP contribution >= 0.6 is 12.6 Å². The van der Waals surface area contributed by atoms with Gasteiger partial charge in [0.15, 0.2) is 0 Å².